The van der Waals surface area contributed by atoms with Crippen molar-refractivity contribution in [2.45, 2.75) is 13.5 Å². The molecule has 7 heteroatoms. The molecule has 0 aliphatic rings. The minimum atomic E-state index is -0.425. The highest BCUT2D eigenvalue weighted by Gasteiger charge is 2.16. The molecule has 0 spiro atoms. The third-order valence-electron chi connectivity index (χ3n) is 4.87. The lowest BCUT2D eigenvalue weighted by molar-refractivity contribution is -0.117. The van der Waals surface area contributed by atoms with Gasteiger partial charge in [0, 0.05) is 52.4 Å². The molecule has 0 fully saturated rings. The zero-order valence-electron chi connectivity index (χ0n) is 16.7. The number of carbonyl (C=O) groups excluding carboxylic acids is 1. The van der Waals surface area contributed by atoms with Crippen LogP contribution >= 0.6 is 23.2 Å². The quantitative estimate of drug-likeness (QED) is 0.319. The van der Waals surface area contributed by atoms with Crippen LogP contribution in [0.2, 0.25) is 10.0 Å². The molecule has 0 saturated heterocycles. The Labute approximate surface area is 185 Å². The van der Waals surface area contributed by atoms with Gasteiger partial charge < -0.3 is 14.6 Å². The van der Waals surface area contributed by atoms with Crippen molar-refractivity contribution in [2.24, 2.45) is 0 Å². The van der Waals surface area contributed by atoms with E-state index >= 15 is 0 Å². The van der Waals surface area contributed by atoms with Crippen LogP contribution in [0.1, 0.15) is 16.8 Å². The highest BCUT2D eigenvalue weighted by Crippen LogP contribution is 2.30. The lowest BCUT2D eigenvalue weighted by Crippen LogP contribution is -2.27. The van der Waals surface area contributed by atoms with E-state index in [2.05, 4.69) is 9.88 Å². The summed E-state index contributed by atoms with van der Waals surface area (Å²) < 4.78 is 7.06. The van der Waals surface area contributed by atoms with Gasteiger partial charge in [-0.05, 0) is 36.8 Å². The van der Waals surface area contributed by atoms with E-state index in [9.17, 15) is 10.1 Å². The summed E-state index contributed by atoms with van der Waals surface area (Å²) in [5.74, 6) is -0.425. The van der Waals surface area contributed by atoms with Gasteiger partial charge in [-0.1, -0.05) is 47.5 Å². The topological polar surface area (TPSA) is 67.0 Å². The molecule has 0 radical (unpaired) electrons. The predicted molar refractivity (Wildman–Crippen MR) is 121 cm³/mol. The highest BCUT2D eigenvalue weighted by atomic mass is 35.5. The van der Waals surface area contributed by atoms with Crippen molar-refractivity contribution < 1.29 is 9.53 Å². The molecule has 0 unspecified atom stereocenters. The van der Waals surface area contributed by atoms with Crippen LogP contribution in [0.5, 0.6) is 0 Å². The Morgan fingerprint density at radius 1 is 1.27 bits per heavy atom. The Morgan fingerprint density at radius 3 is 2.73 bits per heavy atom. The second-order valence-corrected chi connectivity index (χ2v) is 7.60. The molecule has 0 aliphatic heterocycles. The summed E-state index contributed by atoms with van der Waals surface area (Å²) in [5.41, 5.74) is 3.72. The van der Waals surface area contributed by atoms with E-state index in [1.165, 1.54) is 0 Å². The van der Waals surface area contributed by atoms with E-state index in [1.807, 2.05) is 49.4 Å². The molecule has 30 heavy (non-hydrogen) atoms. The molecular weight excluding hydrogens is 421 g/mol. The molecule has 0 saturated carbocycles. The van der Waals surface area contributed by atoms with Crippen molar-refractivity contribution in [3.63, 3.8) is 0 Å². The summed E-state index contributed by atoms with van der Waals surface area (Å²) in [7, 11) is 1.55. The van der Waals surface area contributed by atoms with Crippen LogP contribution in [0.4, 0.5) is 0 Å². The Hall–Kier alpha value is -2.78. The molecule has 0 atom stereocenters. The average Bonchev–Trinajstić information content (AvgIpc) is 2.99. The maximum Gasteiger partial charge on any atom is 0.262 e. The van der Waals surface area contributed by atoms with Gasteiger partial charge in [-0.25, -0.2) is 0 Å². The van der Waals surface area contributed by atoms with E-state index in [0.717, 1.165) is 27.7 Å². The fraction of sp³-hybridized carbons (Fsp3) is 0.217. The molecule has 2 aromatic carbocycles. The zero-order valence-corrected chi connectivity index (χ0v) is 18.2. The minimum Gasteiger partial charge on any atom is -0.383 e. The number of hydrogen-bond donors (Lipinski definition) is 1. The van der Waals surface area contributed by atoms with Crippen molar-refractivity contribution >= 4 is 46.1 Å². The number of nitrogens with one attached hydrogen (secondary N) is 1. The molecule has 1 N–H and O–H groups in total. The molecule has 1 amide bonds. The number of amides is 1. The van der Waals surface area contributed by atoms with Crippen molar-refractivity contribution in [3.05, 3.63) is 74.9 Å². The zero-order chi connectivity index (χ0) is 21.7. The molecule has 3 aromatic rings. The van der Waals surface area contributed by atoms with E-state index in [0.29, 0.717) is 29.7 Å². The third kappa shape index (κ3) is 4.68. The third-order valence-corrected chi connectivity index (χ3v) is 5.46. The lowest BCUT2D eigenvalue weighted by atomic mass is 10.1. The molecule has 1 heterocycles. The van der Waals surface area contributed by atoms with Gasteiger partial charge in [0.1, 0.15) is 11.6 Å². The first-order chi connectivity index (χ1) is 14.5. The molecular formula is C23H21Cl2N3O2. The normalized spacial score (nSPS) is 11.5. The number of aromatic nitrogens is 1. The van der Waals surface area contributed by atoms with Gasteiger partial charge in [-0.3, -0.25) is 4.79 Å². The minimum absolute atomic E-state index is 0.0432. The summed E-state index contributed by atoms with van der Waals surface area (Å²) in [5, 5.41) is 14.4. The summed E-state index contributed by atoms with van der Waals surface area (Å²) in [6, 6.07) is 15.3. The fourth-order valence-corrected chi connectivity index (χ4v) is 3.79. The maximum atomic E-state index is 12.4. The number of benzene rings is 2. The molecule has 154 valence electrons. The molecule has 0 bridgehead atoms. The standard InChI is InChI=1S/C23H21Cl2N3O2/c1-15-20(11-17(13-26)23(29)27-9-10-30-2)19-5-3-4-6-22(19)28(15)14-16-7-8-18(24)12-21(16)25/h3-8,11-12H,9-10,14H2,1-2H3,(H,27,29)/b17-11+. The number of para-hydroxylation sites is 1. The van der Waals surface area contributed by atoms with Crippen LogP contribution in [0.3, 0.4) is 0 Å². The second-order valence-electron chi connectivity index (χ2n) is 6.76. The van der Waals surface area contributed by atoms with Gasteiger partial charge in [-0.2, -0.15) is 5.26 Å². The number of carbonyl (C=O) groups is 1. The molecule has 5 nitrogen and oxygen atoms in total. The Kier molecular flexibility index (Phi) is 7.17. The average molecular weight is 442 g/mol. The molecule has 1 aromatic heterocycles. The first-order valence-electron chi connectivity index (χ1n) is 9.37. The first kappa shape index (κ1) is 21.9. The Balaban J connectivity index is 2.05. The van der Waals surface area contributed by atoms with Crippen LogP contribution < -0.4 is 5.32 Å². The fourth-order valence-electron chi connectivity index (χ4n) is 3.32. The van der Waals surface area contributed by atoms with Crippen LogP contribution in [0, 0.1) is 18.3 Å². The second kappa shape index (κ2) is 9.82. The molecule has 3 rings (SSSR count). The van der Waals surface area contributed by atoms with Gasteiger partial charge in [0.05, 0.1) is 6.61 Å². The number of rotatable bonds is 7. The first-order valence-corrected chi connectivity index (χ1v) is 10.1. The maximum absolute atomic E-state index is 12.4. The lowest BCUT2D eigenvalue weighted by Gasteiger charge is -2.11. The van der Waals surface area contributed by atoms with Gasteiger partial charge in [0.15, 0.2) is 0 Å². The van der Waals surface area contributed by atoms with Gasteiger partial charge in [0.25, 0.3) is 5.91 Å². The number of ether oxygens (including phenoxy) is 1. The van der Waals surface area contributed by atoms with Gasteiger partial charge in [0.2, 0.25) is 0 Å². The van der Waals surface area contributed by atoms with Crippen LogP contribution in [0.25, 0.3) is 17.0 Å². The summed E-state index contributed by atoms with van der Waals surface area (Å²) in [6.07, 6.45) is 1.64. The van der Waals surface area contributed by atoms with E-state index in [-0.39, 0.29) is 5.57 Å². The number of fused-ring (bicyclic) bond motifs is 1. The Bertz CT molecular complexity index is 1160. The van der Waals surface area contributed by atoms with Crippen molar-refractivity contribution in [3.8, 4) is 6.07 Å². The monoisotopic (exact) mass is 441 g/mol. The smallest absolute Gasteiger partial charge is 0.262 e. The number of hydrogen-bond acceptors (Lipinski definition) is 3. The Morgan fingerprint density at radius 2 is 2.03 bits per heavy atom. The number of nitriles is 1. The van der Waals surface area contributed by atoms with Gasteiger partial charge >= 0.3 is 0 Å². The number of methoxy groups -OCH3 is 1. The largest absolute Gasteiger partial charge is 0.383 e. The van der Waals surface area contributed by atoms with Crippen molar-refractivity contribution in [1.29, 1.82) is 5.26 Å². The number of halogens is 2. The summed E-state index contributed by atoms with van der Waals surface area (Å²) in [4.78, 5) is 12.4. The summed E-state index contributed by atoms with van der Waals surface area (Å²) in [6.45, 7) is 3.22. The van der Waals surface area contributed by atoms with E-state index < -0.39 is 5.91 Å². The van der Waals surface area contributed by atoms with Crippen molar-refractivity contribution in [1.82, 2.24) is 9.88 Å². The highest BCUT2D eigenvalue weighted by molar-refractivity contribution is 6.35. The van der Waals surface area contributed by atoms with Crippen LogP contribution in [-0.4, -0.2) is 30.7 Å². The molecule has 0 aliphatic carbocycles. The van der Waals surface area contributed by atoms with Crippen LogP contribution in [0.15, 0.2) is 48.0 Å². The predicted octanol–water partition coefficient (Wildman–Crippen LogP) is 4.97. The summed E-state index contributed by atoms with van der Waals surface area (Å²) >= 11 is 12.4. The van der Waals surface area contributed by atoms with E-state index in [1.54, 1.807) is 19.3 Å². The van der Waals surface area contributed by atoms with Crippen LogP contribution in [-0.2, 0) is 16.1 Å². The van der Waals surface area contributed by atoms with E-state index in [4.69, 9.17) is 27.9 Å². The number of nitrogens with zero attached hydrogens (tertiary/aromatic N) is 2. The van der Waals surface area contributed by atoms with Crippen molar-refractivity contribution in [2.75, 3.05) is 20.3 Å². The van der Waals surface area contributed by atoms with Gasteiger partial charge in [-0.15, -0.1) is 0 Å². The SMILES string of the molecule is COCCNC(=O)/C(C#N)=C/c1c(C)n(Cc2ccc(Cl)cc2Cl)c2ccccc12.